The van der Waals surface area contributed by atoms with Crippen molar-refractivity contribution in [1.29, 1.82) is 0 Å². The third-order valence-corrected chi connectivity index (χ3v) is 4.69. The smallest absolute Gasteiger partial charge is 0.342 e. The van der Waals surface area contributed by atoms with Crippen LogP contribution in [0.5, 0.6) is 0 Å². The highest BCUT2D eigenvalue weighted by atomic mass is 32.2. The number of sulfonamides is 1. The fraction of sp³-hybridized carbons (Fsp3) is 0.267. The maximum Gasteiger partial charge on any atom is 0.342 e. The minimum Gasteiger partial charge on any atom is -0.480 e. The van der Waals surface area contributed by atoms with E-state index in [2.05, 4.69) is 14.9 Å². The van der Waals surface area contributed by atoms with Crippen LogP contribution >= 0.6 is 0 Å². The van der Waals surface area contributed by atoms with Crippen LogP contribution in [0.15, 0.2) is 41.6 Å². The maximum absolute atomic E-state index is 12.5. The summed E-state index contributed by atoms with van der Waals surface area (Å²) in [5, 5.41) is 14.5. The van der Waals surface area contributed by atoms with Gasteiger partial charge in [0, 0.05) is 0 Å². The van der Waals surface area contributed by atoms with Gasteiger partial charge < -0.3 is 9.84 Å². The number of carbonyl (C=O) groups is 2. The van der Waals surface area contributed by atoms with Gasteiger partial charge in [0.1, 0.15) is 11.6 Å². The summed E-state index contributed by atoms with van der Waals surface area (Å²) < 4.78 is 31.8. The van der Waals surface area contributed by atoms with Crippen LogP contribution < -0.4 is 4.72 Å². The lowest BCUT2D eigenvalue weighted by atomic mass is 10.1. The molecule has 0 saturated carbocycles. The zero-order valence-corrected chi connectivity index (χ0v) is 14.1. The van der Waals surface area contributed by atoms with Gasteiger partial charge in [-0.2, -0.15) is 9.82 Å². The number of nitrogens with one attached hydrogen (secondary N) is 2. The molecule has 3 N–H and O–H groups in total. The molecule has 1 atom stereocenters. The van der Waals surface area contributed by atoms with Crippen molar-refractivity contribution >= 4 is 22.0 Å². The Hall–Kier alpha value is -2.72. The Morgan fingerprint density at radius 3 is 2.60 bits per heavy atom. The molecule has 1 aromatic heterocycles. The van der Waals surface area contributed by atoms with E-state index in [1.54, 1.807) is 37.3 Å². The summed E-state index contributed by atoms with van der Waals surface area (Å²) in [7, 11) is -4.32. The molecule has 0 fully saturated rings. The molecule has 0 amide bonds. The number of carboxylic acid groups (broad SMARTS) is 1. The van der Waals surface area contributed by atoms with Crippen molar-refractivity contribution in [1.82, 2.24) is 14.9 Å². The average Bonchev–Trinajstić information content (AvgIpc) is 3.06. The summed E-state index contributed by atoms with van der Waals surface area (Å²) in [6.45, 7) is 1.63. The van der Waals surface area contributed by atoms with Crippen molar-refractivity contribution in [3.8, 4) is 0 Å². The number of nitrogens with zero attached hydrogens (tertiary/aromatic N) is 1. The van der Waals surface area contributed by atoms with Crippen molar-refractivity contribution in [2.45, 2.75) is 24.4 Å². The van der Waals surface area contributed by atoms with Gasteiger partial charge in [-0.15, -0.1) is 0 Å². The van der Waals surface area contributed by atoms with E-state index in [-0.39, 0.29) is 18.6 Å². The largest absolute Gasteiger partial charge is 0.480 e. The Bertz CT molecular complexity index is 847. The third kappa shape index (κ3) is 4.64. The van der Waals surface area contributed by atoms with Gasteiger partial charge in [0.2, 0.25) is 0 Å². The van der Waals surface area contributed by atoms with E-state index in [1.165, 1.54) is 0 Å². The van der Waals surface area contributed by atoms with Gasteiger partial charge in [0.25, 0.3) is 10.0 Å². The van der Waals surface area contributed by atoms with Crippen molar-refractivity contribution in [2.75, 3.05) is 6.61 Å². The zero-order valence-electron chi connectivity index (χ0n) is 13.3. The van der Waals surface area contributed by atoms with Crippen LogP contribution in [-0.2, 0) is 26.0 Å². The number of carboxylic acids is 1. The minimum absolute atomic E-state index is 0.0573. The van der Waals surface area contributed by atoms with Crippen LogP contribution in [0.2, 0.25) is 0 Å². The predicted octanol–water partition coefficient (Wildman–Crippen LogP) is 0.561. The highest BCUT2D eigenvalue weighted by Gasteiger charge is 2.31. The number of hydrogen-bond donors (Lipinski definition) is 3. The topological polar surface area (TPSA) is 138 Å². The molecule has 0 unspecified atom stereocenters. The van der Waals surface area contributed by atoms with E-state index >= 15 is 0 Å². The third-order valence-electron chi connectivity index (χ3n) is 3.25. The first-order valence-electron chi connectivity index (χ1n) is 7.34. The number of carbonyl (C=O) groups excluding carboxylic acids is 1. The highest BCUT2D eigenvalue weighted by molar-refractivity contribution is 7.89. The molecule has 0 aliphatic heterocycles. The van der Waals surface area contributed by atoms with Gasteiger partial charge in [0.15, 0.2) is 5.03 Å². The second-order valence-corrected chi connectivity index (χ2v) is 6.69. The van der Waals surface area contributed by atoms with Gasteiger partial charge in [-0.1, -0.05) is 30.3 Å². The first-order chi connectivity index (χ1) is 11.8. The summed E-state index contributed by atoms with van der Waals surface area (Å²) in [6, 6.07) is 7.16. The lowest BCUT2D eigenvalue weighted by Crippen LogP contribution is -2.42. The molecule has 0 spiro atoms. The van der Waals surface area contributed by atoms with E-state index in [9.17, 15) is 23.1 Å². The van der Waals surface area contributed by atoms with E-state index < -0.39 is 33.0 Å². The molecule has 10 heteroatoms. The Morgan fingerprint density at radius 2 is 2.00 bits per heavy atom. The second-order valence-electron chi connectivity index (χ2n) is 5.04. The quantitative estimate of drug-likeness (QED) is 0.579. The number of benzene rings is 1. The number of hydrogen-bond acceptors (Lipinski definition) is 6. The molecule has 2 aromatic rings. The standard InChI is InChI=1S/C15H17N3O6S/c1-2-24-15(21)11-9-16-17-13(11)25(22,23)18-12(14(19)20)8-10-6-4-3-5-7-10/h3-7,9,12,18H,2,8H2,1H3,(H,16,17)(H,19,20)/t12-/m1/s1. The number of aromatic amines is 1. The molecule has 134 valence electrons. The van der Waals surface area contributed by atoms with E-state index in [0.29, 0.717) is 5.56 Å². The maximum atomic E-state index is 12.5. The lowest BCUT2D eigenvalue weighted by Gasteiger charge is -2.14. The van der Waals surface area contributed by atoms with Crippen LogP contribution in [0.25, 0.3) is 0 Å². The summed E-state index contributed by atoms with van der Waals surface area (Å²) in [5.74, 6) is -2.21. The fourth-order valence-electron chi connectivity index (χ4n) is 2.11. The predicted molar refractivity (Wildman–Crippen MR) is 86.4 cm³/mol. The average molecular weight is 367 g/mol. The molecule has 1 aromatic carbocycles. The summed E-state index contributed by atoms with van der Waals surface area (Å²) in [5.41, 5.74) is 0.353. The Morgan fingerprint density at radius 1 is 1.32 bits per heavy atom. The van der Waals surface area contributed by atoms with Gasteiger partial charge >= 0.3 is 11.9 Å². The zero-order chi connectivity index (χ0) is 18.4. The molecule has 0 aliphatic rings. The molecular formula is C15H17N3O6S. The molecule has 1 heterocycles. The summed E-state index contributed by atoms with van der Waals surface area (Å²) in [6.07, 6.45) is 0.956. The summed E-state index contributed by atoms with van der Waals surface area (Å²) in [4.78, 5) is 23.2. The number of aromatic nitrogens is 2. The monoisotopic (exact) mass is 367 g/mol. The SMILES string of the molecule is CCOC(=O)c1cn[nH]c1S(=O)(=O)N[C@H](Cc1ccccc1)C(=O)O. The number of esters is 1. The van der Waals surface area contributed by atoms with Crippen molar-refractivity contribution in [3.63, 3.8) is 0 Å². The fourth-order valence-corrected chi connectivity index (χ4v) is 3.38. The van der Waals surface area contributed by atoms with Crippen LogP contribution in [0.1, 0.15) is 22.8 Å². The molecule has 9 nitrogen and oxygen atoms in total. The molecule has 0 saturated heterocycles. The Kier molecular flexibility index (Phi) is 5.88. The van der Waals surface area contributed by atoms with Gasteiger partial charge in [0.05, 0.1) is 12.8 Å². The Labute approximate surface area is 144 Å². The van der Waals surface area contributed by atoms with Gasteiger partial charge in [-0.3, -0.25) is 9.89 Å². The van der Waals surface area contributed by atoms with Crippen molar-refractivity contribution in [2.24, 2.45) is 0 Å². The van der Waals surface area contributed by atoms with E-state index in [0.717, 1.165) is 6.20 Å². The van der Waals surface area contributed by atoms with Crippen LogP contribution in [-0.4, -0.2) is 48.3 Å². The van der Waals surface area contributed by atoms with Crippen LogP contribution in [0.4, 0.5) is 0 Å². The van der Waals surface area contributed by atoms with Crippen LogP contribution in [0, 0.1) is 0 Å². The highest BCUT2D eigenvalue weighted by Crippen LogP contribution is 2.15. The molecule has 2 rings (SSSR count). The molecular weight excluding hydrogens is 350 g/mol. The van der Waals surface area contributed by atoms with Crippen LogP contribution in [0.3, 0.4) is 0 Å². The first-order valence-corrected chi connectivity index (χ1v) is 8.83. The summed E-state index contributed by atoms with van der Waals surface area (Å²) >= 11 is 0. The first kappa shape index (κ1) is 18.6. The number of ether oxygens (including phenoxy) is 1. The number of rotatable bonds is 8. The van der Waals surface area contributed by atoms with E-state index in [1.807, 2.05) is 0 Å². The molecule has 0 radical (unpaired) electrons. The molecule has 0 aliphatic carbocycles. The lowest BCUT2D eigenvalue weighted by molar-refractivity contribution is -0.138. The molecule has 0 bridgehead atoms. The Balaban J connectivity index is 2.25. The van der Waals surface area contributed by atoms with E-state index in [4.69, 9.17) is 4.74 Å². The normalized spacial score (nSPS) is 12.5. The van der Waals surface area contributed by atoms with Gasteiger partial charge in [-0.05, 0) is 18.9 Å². The molecule has 25 heavy (non-hydrogen) atoms. The number of aliphatic carboxylic acids is 1. The second kappa shape index (κ2) is 7.90. The van der Waals surface area contributed by atoms with Crippen molar-refractivity contribution < 1.29 is 27.9 Å². The minimum atomic E-state index is -4.32. The van der Waals surface area contributed by atoms with Crippen molar-refractivity contribution in [3.05, 3.63) is 47.7 Å². The van der Waals surface area contributed by atoms with Gasteiger partial charge in [-0.25, -0.2) is 13.2 Å². The number of H-pyrrole nitrogens is 1.